The van der Waals surface area contributed by atoms with Gasteiger partial charge < -0.3 is 0 Å². The van der Waals surface area contributed by atoms with E-state index in [4.69, 9.17) is 0 Å². The number of fused-ring (bicyclic) bond motifs is 9. The van der Waals surface area contributed by atoms with Gasteiger partial charge in [0.2, 0.25) is 0 Å². The van der Waals surface area contributed by atoms with Gasteiger partial charge in [-0.25, -0.2) is 0 Å². The standard InChI is InChI=1S/C42H26S2/c1-3-4-11-25(2)41-30-13-5-7-15-32(30)42(33-16-8-6-14-31(33)41)26-18-19-38-35(20-26)36-22-27-21-34-29-12-9-10-17-37(29)43-39(34)23-28(27)24-40(36)44-38/h3-24H,1-2H2/b11-4-. The van der Waals surface area contributed by atoms with E-state index in [1.807, 2.05) is 28.7 Å². The Hall–Kier alpha value is -5.02. The van der Waals surface area contributed by atoms with E-state index in [0.717, 1.165) is 5.57 Å². The molecule has 2 aromatic heterocycles. The zero-order valence-electron chi connectivity index (χ0n) is 23.9. The van der Waals surface area contributed by atoms with Crippen molar-refractivity contribution in [1.29, 1.82) is 0 Å². The van der Waals surface area contributed by atoms with Gasteiger partial charge in [0.05, 0.1) is 0 Å². The largest absolute Gasteiger partial charge is 0.135 e. The topological polar surface area (TPSA) is 0 Å². The maximum atomic E-state index is 4.46. The molecule has 2 heteroatoms. The van der Waals surface area contributed by atoms with Crippen LogP contribution in [0.1, 0.15) is 5.56 Å². The Bertz CT molecular complexity index is 2640. The van der Waals surface area contributed by atoms with Gasteiger partial charge in [0.15, 0.2) is 0 Å². The molecule has 2 heterocycles. The summed E-state index contributed by atoms with van der Waals surface area (Å²) in [6.45, 7) is 8.32. The van der Waals surface area contributed by atoms with Gasteiger partial charge in [-0.2, -0.15) is 0 Å². The third-order valence-electron chi connectivity index (χ3n) is 8.90. The highest BCUT2D eigenvalue weighted by molar-refractivity contribution is 7.26. The van der Waals surface area contributed by atoms with Crippen molar-refractivity contribution in [3.63, 3.8) is 0 Å². The van der Waals surface area contributed by atoms with Crippen LogP contribution in [0.4, 0.5) is 0 Å². The van der Waals surface area contributed by atoms with E-state index >= 15 is 0 Å². The van der Waals surface area contributed by atoms with Crippen molar-refractivity contribution in [3.8, 4) is 11.1 Å². The SMILES string of the molecule is C=C/C=C\C(=C)c1c2ccccc2c(-c2ccc3sc4cc5cc6sc7ccccc7c6cc5cc4c3c2)c2ccccc12. The van der Waals surface area contributed by atoms with Gasteiger partial charge in [-0.1, -0.05) is 104 Å². The highest BCUT2D eigenvalue weighted by Gasteiger charge is 2.17. The highest BCUT2D eigenvalue weighted by Crippen LogP contribution is 2.45. The molecule has 0 aliphatic carbocycles. The first-order valence-electron chi connectivity index (χ1n) is 14.8. The highest BCUT2D eigenvalue weighted by atomic mass is 32.1. The number of allylic oxidation sites excluding steroid dienone is 4. The molecule has 0 radical (unpaired) electrons. The number of hydrogen-bond donors (Lipinski definition) is 0. The molecular weight excluding hydrogens is 569 g/mol. The summed E-state index contributed by atoms with van der Waals surface area (Å²) in [6, 6.07) is 42.9. The van der Waals surface area contributed by atoms with E-state index in [0.29, 0.717) is 0 Å². The van der Waals surface area contributed by atoms with Crippen molar-refractivity contribution in [1.82, 2.24) is 0 Å². The molecule has 0 saturated carbocycles. The second kappa shape index (κ2) is 9.75. The minimum absolute atomic E-state index is 0.988. The van der Waals surface area contributed by atoms with Crippen LogP contribution in [0.5, 0.6) is 0 Å². The fourth-order valence-electron chi connectivity index (χ4n) is 6.95. The lowest BCUT2D eigenvalue weighted by atomic mass is 9.86. The van der Waals surface area contributed by atoms with Crippen molar-refractivity contribution >= 4 is 101 Å². The van der Waals surface area contributed by atoms with Crippen molar-refractivity contribution in [3.05, 3.63) is 152 Å². The summed E-state index contributed by atoms with van der Waals surface area (Å²) < 4.78 is 5.35. The smallest absolute Gasteiger partial charge is 0.0361 e. The van der Waals surface area contributed by atoms with Crippen LogP contribution in [-0.2, 0) is 0 Å². The third-order valence-corrected chi connectivity index (χ3v) is 11.2. The summed E-state index contributed by atoms with van der Waals surface area (Å²) >= 11 is 3.77. The first-order valence-corrected chi connectivity index (χ1v) is 16.4. The number of hydrogen-bond acceptors (Lipinski definition) is 2. The average Bonchev–Trinajstić information content (AvgIpc) is 3.60. The van der Waals surface area contributed by atoms with Gasteiger partial charge in [0.25, 0.3) is 0 Å². The predicted octanol–water partition coefficient (Wildman–Crippen LogP) is 13.3. The molecule has 0 unspecified atom stereocenters. The zero-order chi connectivity index (χ0) is 29.4. The maximum absolute atomic E-state index is 4.46. The van der Waals surface area contributed by atoms with Crippen LogP contribution < -0.4 is 0 Å². The van der Waals surface area contributed by atoms with E-state index in [9.17, 15) is 0 Å². The van der Waals surface area contributed by atoms with E-state index < -0.39 is 0 Å². The summed E-state index contributed by atoms with van der Waals surface area (Å²) in [5.74, 6) is 0. The Morgan fingerprint density at radius 2 is 1.02 bits per heavy atom. The van der Waals surface area contributed by atoms with Crippen LogP contribution in [-0.4, -0.2) is 0 Å². The molecule has 206 valence electrons. The molecule has 0 atom stereocenters. The lowest BCUT2D eigenvalue weighted by molar-refractivity contribution is 1.69. The van der Waals surface area contributed by atoms with Gasteiger partial charge >= 0.3 is 0 Å². The Morgan fingerprint density at radius 3 is 1.68 bits per heavy atom. The van der Waals surface area contributed by atoms with Gasteiger partial charge in [-0.15, -0.1) is 22.7 Å². The minimum Gasteiger partial charge on any atom is -0.135 e. The quantitative estimate of drug-likeness (QED) is 0.140. The molecule has 0 aliphatic heterocycles. The summed E-state index contributed by atoms with van der Waals surface area (Å²) in [7, 11) is 0. The Labute approximate surface area is 263 Å². The van der Waals surface area contributed by atoms with Crippen molar-refractivity contribution in [2.75, 3.05) is 0 Å². The van der Waals surface area contributed by atoms with Crippen molar-refractivity contribution in [2.24, 2.45) is 0 Å². The molecule has 9 aromatic rings. The second-order valence-corrected chi connectivity index (χ2v) is 13.6. The molecule has 0 spiro atoms. The average molecular weight is 595 g/mol. The zero-order valence-corrected chi connectivity index (χ0v) is 25.6. The van der Waals surface area contributed by atoms with Crippen LogP contribution in [0.15, 0.2) is 147 Å². The van der Waals surface area contributed by atoms with E-state index in [2.05, 4.69) is 134 Å². The van der Waals surface area contributed by atoms with Crippen molar-refractivity contribution in [2.45, 2.75) is 0 Å². The van der Waals surface area contributed by atoms with Gasteiger partial charge in [-0.3, -0.25) is 0 Å². The minimum atomic E-state index is 0.988. The van der Waals surface area contributed by atoms with Gasteiger partial charge in [-0.05, 0) is 97.0 Å². The van der Waals surface area contributed by atoms with Gasteiger partial charge in [0, 0.05) is 40.3 Å². The molecule has 0 bridgehead atoms. The summed E-state index contributed by atoms with van der Waals surface area (Å²) in [6.07, 6.45) is 5.82. The summed E-state index contributed by atoms with van der Waals surface area (Å²) in [4.78, 5) is 0. The lowest BCUT2D eigenvalue weighted by Crippen LogP contribution is -1.92. The number of thiophene rings is 2. The summed E-state index contributed by atoms with van der Waals surface area (Å²) in [5, 5.41) is 12.8. The predicted molar refractivity (Wildman–Crippen MR) is 199 cm³/mol. The van der Waals surface area contributed by atoms with Crippen LogP contribution in [0, 0.1) is 0 Å². The van der Waals surface area contributed by atoms with Crippen molar-refractivity contribution < 1.29 is 0 Å². The van der Waals surface area contributed by atoms with E-state index in [1.54, 1.807) is 6.08 Å². The summed E-state index contributed by atoms with van der Waals surface area (Å²) in [5.41, 5.74) is 4.68. The first-order chi connectivity index (χ1) is 21.7. The number of benzene rings is 7. The fraction of sp³-hybridized carbons (Fsp3) is 0. The number of rotatable bonds is 4. The normalized spacial score (nSPS) is 12.2. The third kappa shape index (κ3) is 3.75. The second-order valence-electron chi connectivity index (χ2n) is 11.4. The lowest BCUT2D eigenvalue weighted by Gasteiger charge is -2.17. The Morgan fingerprint density at radius 1 is 0.500 bits per heavy atom. The Balaban J connectivity index is 1.32. The fourth-order valence-corrected chi connectivity index (χ4v) is 9.20. The molecule has 7 aromatic carbocycles. The van der Waals surface area contributed by atoms with Crippen LogP contribution >= 0.6 is 22.7 Å². The van der Waals surface area contributed by atoms with E-state index in [1.165, 1.54) is 89.4 Å². The van der Waals surface area contributed by atoms with Gasteiger partial charge in [0.1, 0.15) is 0 Å². The van der Waals surface area contributed by atoms with Crippen LogP contribution in [0.2, 0.25) is 0 Å². The maximum Gasteiger partial charge on any atom is 0.0361 e. The molecular formula is C42H26S2. The molecule has 9 rings (SSSR count). The first kappa shape index (κ1) is 25.5. The molecule has 0 fully saturated rings. The molecule has 0 aliphatic rings. The van der Waals surface area contributed by atoms with E-state index in [-0.39, 0.29) is 0 Å². The monoisotopic (exact) mass is 594 g/mol. The Kier molecular flexibility index (Phi) is 5.65. The van der Waals surface area contributed by atoms with Crippen LogP contribution in [0.25, 0.3) is 89.4 Å². The molecule has 44 heavy (non-hydrogen) atoms. The molecule has 0 nitrogen and oxygen atoms in total. The molecule has 0 saturated heterocycles. The van der Waals surface area contributed by atoms with Crippen LogP contribution in [0.3, 0.4) is 0 Å². The molecule has 0 N–H and O–H groups in total. The molecule has 0 amide bonds.